The number of rotatable bonds is 8. The van der Waals surface area contributed by atoms with Crippen LogP contribution in [-0.2, 0) is 16.2 Å². The number of carbonyl (C=O) groups is 3. The molecular formula is C25H18F3N3O5S. The molecule has 2 aromatic carbocycles. The smallest absolute Gasteiger partial charge is 0.294 e. The van der Waals surface area contributed by atoms with Crippen molar-refractivity contribution in [1.29, 1.82) is 0 Å². The van der Waals surface area contributed by atoms with Gasteiger partial charge in [-0.2, -0.15) is 0 Å². The highest BCUT2D eigenvalue weighted by Crippen LogP contribution is 2.35. The van der Waals surface area contributed by atoms with Gasteiger partial charge in [0.05, 0.1) is 17.7 Å². The lowest BCUT2D eigenvalue weighted by molar-refractivity contribution is -0.127. The van der Waals surface area contributed by atoms with E-state index in [0.717, 1.165) is 11.6 Å². The number of halogens is 3. The Morgan fingerprint density at radius 2 is 1.81 bits per heavy atom. The van der Waals surface area contributed by atoms with Crippen molar-refractivity contribution in [2.24, 2.45) is 0 Å². The number of imide groups is 1. The monoisotopic (exact) mass is 529 g/mol. The number of nitrogens with one attached hydrogen (secondary N) is 1. The number of amides is 3. The average molecular weight is 529 g/mol. The van der Waals surface area contributed by atoms with Crippen LogP contribution in [0, 0.1) is 17.5 Å². The molecule has 1 aromatic heterocycles. The summed E-state index contributed by atoms with van der Waals surface area (Å²) in [5.74, 6) is -5.61. The van der Waals surface area contributed by atoms with Gasteiger partial charge in [0.1, 0.15) is 13.2 Å². The summed E-state index contributed by atoms with van der Waals surface area (Å²) in [6.07, 6.45) is 4.75. The molecular weight excluding hydrogens is 511 g/mol. The van der Waals surface area contributed by atoms with Gasteiger partial charge in [0, 0.05) is 12.4 Å². The minimum absolute atomic E-state index is 0.0457. The van der Waals surface area contributed by atoms with Gasteiger partial charge >= 0.3 is 0 Å². The van der Waals surface area contributed by atoms with E-state index in [1.54, 1.807) is 30.6 Å². The number of hydrogen-bond acceptors (Lipinski definition) is 7. The fraction of sp³-hybridized carbons (Fsp3) is 0.120. The number of benzene rings is 2. The Morgan fingerprint density at radius 3 is 2.54 bits per heavy atom. The maximum Gasteiger partial charge on any atom is 0.294 e. The van der Waals surface area contributed by atoms with Gasteiger partial charge < -0.3 is 14.8 Å². The molecule has 0 aliphatic carbocycles. The zero-order chi connectivity index (χ0) is 26.5. The molecule has 1 saturated heterocycles. The molecule has 3 amide bonds. The molecule has 0 bridgehead atoms. The maximum atomic E-state index is 13.8. The quantitative estimate of drug-likeness (QED) is 0.332. The molecule has 1 aliphatic heterocycles. The highest BCUT2D eigenvalue weighted by molar-refractivity contribution is 8.18. The number of pyridine rings is 1. The second-order valence-electron chi connectivity index (χ2n) is 7.59. The van der Waals surface area contributed by atoms with Crippen molar-refractivity contribution < 1.29 is 37.0 Å². The second-order valence-corrected chi connectivity index (χ2v) is 8.59. The van der Waals surface area contributed by atoms with Crippen LogP contribution in [0.25, 0.3) is 6.08 Å². The molecule has 8 nitrogen and oxygen atoms in total. The third kappa shape index (κ3) is 5.92. The Hall–Kier alpha value is -4.32. The van der Waals surface area contributed by atoms with E-state index in [1.165, 1.54) is 13.2 Å². The van der Waals surface area contributed by atoms with Crippen LogP contribution in [-0.4, -0.2) is 40.6 Å². The normalized spacial score (nSPS) is 14.3. The predicted molar refractivity (Wildman–Crippen MR) is 129 cm³/mol. The van der Waals surface area contributed by atoms with Crippen LogP contribution in [0.2, 0.25) is 0 Å². The van der Waals surface area contributed by atoms with Crippen LogP contribution in [0.5, 0.6) is 11.5 Å². The molecule has 0 atom stereocenters. The number of nitrogens with zero attached hydrogens (tertiary/aromatic N) is 2. The number of aromatic nitrogens is 1. The number of thioether (sulfide) groups is 1. The van der Waals surface area contributed by atoms with Crippen molar-refractivity contribution in [2.75, 3.05) is 19.0 Å². The summed E-state index contributed by atoms with van der Waals surface area (Å²) in [7, 11) is 1.46. The fourth-order valence-electron chi connectivity index (χ4n) is 3.28. The van der Waals surface area contributed by atoms with E-state index in [1.807, 2.05) is 17.4 Å². The maximum absolute atomic E-state index is 13.8. The minimum atomic E-state index is -1.75. The van der Waals surface area contributed by atoms with E-state index in [4.69, 9.17) is 9.47 Å². The van der Waals surface area contributed by atoms with E-state index in [2.05, 4.69) is 4.98 Å². The van der Waals surface area contributed by atoms with E-state index in [-0.39, 0.29) is 11.5 Å². The Balaban J connectivity index is 1.43. The van der Waals surface area contributed by atoms with Crippen molar-refractivity contribution in [3.05, 3.63) is 88.3 Å². The van der Waals surface area contributed by atoms with Crippen molar-refractivity contribution >= 4 is 40.6 Å². The Bertz CT molecular complexity index is 1400. The Kier molecular flexibility index (Phi) is 7.77. The summed E-state index contributed by atoms with van der Waals surface area (Å²) < 4.78 is 51.4. The lowest BCUT2D eigenvalue weighted by atomic mass is 10.2. The van der Waals surface area contributed by atoms with Gasteiger partial charge in [-0.1, -0.05) is 6.07 Å². The van der Waals surface area contributed by atoms with Crippen LogP contribution < -0.4 is 14.8 Å². The molecule has 3 aromatic rings. The lowest BCUT2D eigenvalue weighted by Gasteiger charge is -2.13. The van der Waals surface area contributed by atoms with Crippen LogP contribution in [0.4, 0.5) is 23.7 Å². The topological polar surface area (TPSA) is 97.8 Å². The highest BCUT2D eigenvalue weighted by atomic mass is 32.2. The zero-order valence-electron chi connectivity index (χ0n) is 19.2. The number of ether oxygens (including phenoxy) is 2. The molecule has 0 unspecified atom stereocenters. The van der Waals surface area contributed by atoms with Gasteiger partial charge in [0.2, 0.25) is 5.91 Å². The number of anilines is 1. The number of hydrogen-bond donors (Lipinski definition) is 1. The zero-order valence-corrected chi connectivity index (χ0v) is 20.0. The van der Waals surface area contributed by atoms with Crippen molar-refractivity contribution in [2.45, 2.75) is 6.61 Å². The van der Waals surface area contributed by atoms with Crippen molar-refractivity contribution in [1.82, 2.24) is 9.88 Å². The molecule has 4 rings (SSSR count). The SMILES string of the molecule is COc1cc(/C=C2/SC(=O)N(CC(=O)Nc3ccc(F)c(F)c3F)C2=O)ccc1OCc1ccncc1. The van der Waals surface area contributed by atoms with E-state index < -0.39 is 46.7 Å². The Morgan fingerprint density at radius 1 is 1.05 bits per heavy atom. The fourth-order valence-corrected chi connectivity index (χ4v) is 4.12. The molecule has 2 heterocycles. The van der Waals surface area contributed by atoms with Gasteiger partial charge in [0.15, 0.2) is 29.0 Å². The molecule has 0 radical (unpaired) electrons. The first-order chi connectivity index (χ1) is 17.8. The average Bonchev–Trinajstić information content (AvgIpc) is 3.15. The number of methoxy groups -OCH3 is 1. The van der Waals surface area contributed by atoms with Crippen molar-refractivity contribution in [3.8, 4) is 11.5 Å². The molecule has 12 heteroatoms. The van der Waals surface area contributed by atoms with Gasteiger partial charge in [0.25, 0.3) is 11.1 Å². The second kappa shape index (κ2) is 11.2. The summed E-state index contributed by atoms with van der Waals surface area (Å²) in [6, 6.07) is 10.0. The largest absolute Gasteiger partial charge is 0.493 e. The minimum Gasteiger partial charge on any atom is -0.493 e. The van der Waals surface area contributed by atoms with Crippen LogP contribution in [0.1, 0.15) is 11.1 Å². The van der Waals surface area contributed by atoms with E-state index >= 15 is 0 Å². The van der Waals surface area contributed by atoms with Gasteiger partial charge in [-0.05, 0) is 65.4 Å². The molecule has 0 saturated carbocycles. The van der Waals surface area contributed by atoms with E-state index in [0.29, 0.717) is 39.8 Å². The molecule has 1 N–H and O–H groups in total. The molecule has 0 spiro atoms. The lowest BCUT2D eigenvalue weighted by Crippen LogP contribution is -2.36. The molecule has 190 valence electrons. The summed E-state index contributed by atoms with van der Waals surface area (Å²) in [6.45, 7) is -0.459. The van der Waals surface area contributed by atoms with Gasteiger partial charge in [-0.15, -0.1) is 0 Å². The standard InChI is InChI=1S/C25H18F3N3O5S/c1-35-19-10-15(2-5-18(19)36-13-14-6-8-29-9-7-14)11-20-24(33)31(25(34)37-20)12-21(32)30-17-4-3-16(26)22(27)23(17)28/h2-11H,12-13H2,1H3,(H,30,32)/b20-11+. The van der Waals surface area contributed by atoms with Crippen LogP contribution >= 0.6 is 11.8 Å². The number of carbonyl (C=O) groups excluding carboxylic acids is 3. The highest BCUT2D eigenvalue weighted by Gasteiger charge is 2.36. The Labute approximate surface area is 213 Å². The van der Waals surface area contributed by atoms with E-state index in [9.17, 15) is 27.6 Å². The molecule has 1 aliphatic rings. The van der Waals surface area contributed by atoms with Gasteiger partial charge in [-0.25, -0.2) is 13.2 Å². The summed E-state index contributed by atoms with van der Waals surface area (Å²) in [5.41, 5.74) is 0.822. The van der Waals surface area contributed by atoms with Crippen LogP contribution in [0.3, 0.4) is 0 Å². The molecule has 37 heavy (non-hydrogen) atoms. The summed E-state index contributed by atoms with van der Waals surface area (Å²) in [4.78, 5) is 42.0. The third-order valence-electron chi connectivity index (χ3n) is 5.11. The van der Waals surface area contributed by atoms with Gasteiger partial charge in [-0.3, -0.25) is 24.3 Å². The first-order valence-corrected chi connectivity index (χ1v) is 11.5. The molecule has 1 fully saturated rings. The first kappa shape index (κ1) is 25.8. The summed E-state index contributed by atoms with van der Waals surface area (Å²) >= 11 is 0.615. The third-order valence-corrected chi connectivity index (χ3v) is 6.02. The predicted octanol–water partition coefficient (Wildman–Crippen LogP) is 4.76. The van der Waals surface area contributed by atoms with Crippen LogP contribution in [0.15, 0.2) is 59.8 Å². The van der Waals surface area contributed by atoms with Crippen molar-refractivity contribution in [3.63, 3.8) is 0 Å². The summed E-state index contributed by atoms with van der Waals surface area (Å²) in [5, 5.41) is 1.31. The first-order valence-electron chi connectivity index (χ1n) is 10.6.